The van der Waals surface area contributed by atoms with E-state index in [1.54, 1.807) is 0 Å². The Morgan fingerprint density at radius 2 is 1.89 bits per heavy atom. The fourth-order valence-corrected chi connectivity index (χ4v) is 1.36. The number of hydroxylamine groups is 1. The monoisotopic (exact) mass is 250 g/mol. The second-order valence-electron chi connectivity index (χ2n) is 5.27. The maximum atomic E-state index is 12.1. The van der Waals surface area contributed by atoms with E-state index in [9.17, 15) is 4.79 Å². The highest BCUT2D eigenvalue weighted by atomic mass is 16.7. The van der Waals surface area contributed by atoms with Gasteiger partial charge in [0.15, 0.2) is 0 Å². The molecule has 0 saturated carbocycles. The molecule has 1 aromatic carbocycles. The van der Waals surface area contributed by atoms with E-state index in [4.69, 9.17) is 4.84 Å². The lowest BCUT2D eigenvalue weighted by molar-refractivity contribution is 0.126. The van der Waals surface area contributed by atoms with E-state index in [1.807, 2.05) is 37.3 Å². The predicted octanol–water partition coefficient (Wildman–Crippen LogP) is 3.20. The Labute approximate surface area is 109 Å². The Balaban J connectivity index is 2.70. The molecule has 0 saturated heterocycles. The highest BCUT2D eigenvalue weighted by Crippen LogP contribution is 2.15. The number of anilines is 1. The van der Waals surface area contributed by atoms with Crippen LogP contribution in [0.5, 0.6) is 0 Å². The van der Waals surface area contributed by atoms with Gasteiger partial charge in [-0.15, -0.1) is 0 Å². The zero-order valence-electron chi connectivity index (χ0n) is 11.6. The Bertz CT molecular complexity index is 371. The van der Waals surface area contributed by atoms with E-state index in [-0.39, 0.29) is 11.4 Å². The number of amides is 2. The number of nitrogens with zero attached hydrogens (tertiary/aromatic N) is 1. The van der Waals surface area contributed by atoms with Crippen molar-refractivity contribution in [3.63, 3.8) is 0 Å². The second-order valence-corrected chi connectivity index (χ2v) is 5.27. The minimum Gasteiger partial charge on any atom is -0.335 e. The highest BCUT2D eigenvalue weighted by molar-refractivity contribution is 5.89. The van der Waals surface area contributed by atoms with Crippen LogP contribution in [0.15, 0.2) is 30.3 Å². The summed E-state index contributed by atoms with van der Waals surface area (Å²) in [5, 5.41) is 4.17. The van der Waals surface area contributed by atoms with Crippen molar-refractivity contribution >= 4 is 11.7 Å². The minimum atomic E-state index is -0.238. The standard InChI is InChI=1S/C14H22N2O2/c1-5-18-16(12-9-7-6-8-10-12)13(17)15-11-14(2,3)4/h6-10H,5,11H2,1-4H3,(H,15,17). The average molecular weight is 250 g/mol. The van der Waals surface area contributed by atoms with Crippen LogP contribution in [0, 0.1) is 5.41 Å². The van der Waals surface area contributed by atoms with Gasteiger partial charge in [-0.2, -0.15) is 5.06 Å². The van der Waals surface area contributed by atoms with Crippen molar-refractivity contribution in [1.29, 1.82) is 0 Å². The van der Waals surface area contributed by atoms with Gasteiger partial charge in [-0.05, 0) is 24.5 Å². The molecule has 0 atom stereocenters. The summed E-state index contributed by atoms with van der Waals surface area (Å²) in [6, 6.07) is 9.09. The van der Waals surface area contributed by atoms with Crippen LogP contribution in [-0.4, -0.2) is 19.2 Å². The van der Waals surface area contributed by atoms with Gasteiger partial charge < -0.3 is 5.32 Å². The first-order valence-electron chi connectivity index (χ1n) is 6.20. The van der Waals surface area contributed by atoms with E-state index >= 15 is 0 Å². The maximum absolute atomic E-state index is 12.1. The lowest BCUT2D eigenvalue weighted by atomic mass is 9.97. The lowest BCUT2D eigenvalue weighted by Crippen LogP contribution is -2.43. The Morgan fingerprint density at radius 1 is 1.28 bits per heavy atom. The van der Waals surface area contributed by atoms with Crippen molar-refractivity contribution in [2.45, 2.75) is 27.7 Å². The van der Waals surface area contributed by atoms with Crippen LogP contribution < -0.4 is 10.4 Å². The third-order valence-corrected chi connectivity index (χ3v) is 2.20. The summed E-state index contributed by atoms with van der Waals surface area (Å²) >= 11 is 0. The van der Waals surface area contributed by atoms with Crippen LogP contribution >= 0.6 is 0 Å². The molecule has 1 rings (SSSR count). The fraction of sp³-hybridized carbons (Fsp3) is 0.500. The smallest absolute Gasteiger partial charge is 0.335 e. The maximum Gasteiger partial charge on any atom is 0.346 e. The molecule has 1 N–H and O–H groups in total. The molecule has 2 amide bonds. The van der Waals surface area contributed by atoms with E-state index in [2.05, 4.69) is 26.1 Å². The number of hydrogen-bond acceptors (Lipinski definition) is 2. The zero-order chi connectivity index (χ0) is 13.6. The second kappa shape index (κ2) is 6.40. The molecule has 0 aliphatic carbocycles. The topological polar surface area (TPSA) is 41.6 Å². The van der Waals surface area contributed by atoms with Gasteiger partial charge in [-0.3, -0.25) is 4.84 Å². The quantitative estimate of drug-likeness (QED) is 0.834. The molecule has 0 aromatic heterocycles. The van der Waals surface area contributed by atoms with Crippen molar-refractivity contribution in [2.24, 2.45) is 5.41 Å². The number of rotatable bonds is 4. The summed E-state index contributed by atoms with van der Waals surface area (Å²) in [7, 11) is 0. The van der Waals surface area contributed by atoms with Crippen LogP contribution in [0.25, 0.3) is 0 Å². The molecule has 0 spiro atoms. The van der Waals surface area contributed by atoms with Crippen molar-refractivity contribution in [3.8, 4) is 0 Å². The molecule has 0 radical (unpaired) electrons. The normalized spacial score (nSPS) is 11.1. The van der Waals surface area contributed by atoms with Gasteiger partial charge in [-0.1, -0.05) is 39.0 Å². The van der Waals surface area contributed by atoms with Crippen LogP contribution in [0.4, 0.5) is 10.5 Å². The highest BCUT2D eigenvalue weighted by Gasteiger charge is 2.18. The lowest BCUT2D eigenvalue weighted by Gasteiger charge is -2.24. The SMILES string of the molecule is CCON(C(=O)NCC(C)(C)C)c1ccccc1. The molecular weight excluding hydrogens is 228 g/mol. The molecule has 0 bridgehead atoms. The number of nitrogens with one attached hydrogen (secondary N) is 1. The largest absolute Gasteiger partial charge is 0.346 e. The van der Waals surface area contributed by atoms with Gasteiger partial charge in [0.25, 0.3) is 0 Å². The van der Waals surface area contributed by atoms with Gasteiger partial charge in [0.1, 0.15) is 0 Å². The van der Waals surface area contributed by atoms with Gasteiger partial charge in [-0.25, -0.2) is 4.79 Å². The molecule has 0 heterocycles. The Kier molecular flexibility index (Phi) is 5.16. The van der Waals surface area contributed by atoms with Crippen LogP contribution in [0.2, 0.25) is 0 Å². The van der Waals surface area contributed by atoms with E-state index in [0.29, 0.717) is 13.2 Å². The summed E-state index contributed by atoms with van der Waals surface area (Å²) in [5.74, 6) is 0. The number of benzene rings is 1. The minimum absolute atomic E-state index is 0.0459. The first kappa shape index (κ1) is 14.5. The predicted molar refractivity (Wildman–Crippen MR) is 73.4 cm³/mol. The third-order valence-electron chi connectivity index (χ3n) is 2.20. The number of para-hydroxylation sites is 1. The van der Waals surface area contributed by atoms with Crippen molar-refractivity contribution in [3.05, 3.63) is 30.3 Å². The van der Waals surface area contributed by atoms with Gasteiger partial charge in [0.05, 0.1) is 12.3 Å². The average Bonchev–Trinajstić information content (AvgIpc) is 2.33. The molecule has 4 heteroatoms. The van der Waals surface area contributed by atoms with E-state index < -0.39 is 0 Å². The fourth-order valence-electron chi connectivity index (χ4n) is 1.36. The molecule has 100 valence electrons. The first-order valence-corrected chi connectivity index (χ1v) is 6.20. The zero-order valence-corrected chi connectivity index (χ0v) is 11.6. The number of urea groups is 1. The number of carbonyl (C=O) groups excluding carboxylic acids is 1. The number of hydrogen-bond donors (Lipinski definition) is 1. The van der Waals surface area contributed by atoms with Gasteiger partial charge in [0.2, 0.25) is 0 Å². The summed E-state index contributed by atoms with van der Waals surface area (Å²) in [4.78, 5) is 17.4. The molecule has 0 aliphatic heterocycles. The van der Waals surface area contributed by atoms with E-state index in [0.717, 1.165) is 5.69 Å². The van der Waals surface area contributed by atoms with Crippen LogP contribution in [0.3, 0.4) is 0 Å². The van der Waals surface area contributed by atoms with Crippen molar-refractivity contribution in [1.82, 2.24) is 5.32 Å². The van der Waals surface area contributed by atoms with Gasteiger partial charge >= 0.3 is 6.03 Å². The Morgan fingerprint density at radius 3 is 2.39 bits per heavy atom. The van der Waals surface area contributed by atoms with Crippen molar-refractivity contribution < 1.29 is 9.63 Å². The summed E-state index contributed by atoms with van der Waals surface area (Å²) in [5.41, 5.74) is 0.773. The number of carbonyl (C=O) groups is 1. The summed E-state index contributed by atoms with van der Waals surface area (Å²) < 4.78 is 0. The van der Waals surface area contributed by atoms with Crippen LogP contribution in [0.1, 0.15) is 27.7 Å². The van der Waals surface area contributed by atoms with Gasteiger partial charge in [0, 0.05) is 6.54 Å². The molecule has 0 unspecified atom stereocenters. The Hall–Kier alpha value is -1.55. The van der Waals surface area contributed by atoms with E-state index in [1.165, 1.54) is 5.06 Å². The summed E-state index contributed by atoms with van der Waals surface area (Å²) in [6.07, 6.45) is 0. The third kappa shape index (κ3) is 4.75. The molecule has 0 fully saturated rings. The van der Waals surface area contributed by atoms with Crippen molar-refractivity contribution in [2.75, 3.05) is 18.2 Å². The van der Waals surface area contributed by atoms with Crippen LogP contribution in [-0.2, 0) is 4.84 Å². The summed E-state index contributed by atoms with van der Waals surface area (Å²) in [6.45, 7) is 9.11. The molecule has 1 aromatic rings. The molecule has 18 heavy (non-hydrogen) atoms. The molecule has 0 aliphatic rings. The first-order chi connectivity index (χ1) is 8.44. The molecule has 4 nitrogen and oxygen atoms in total. The molecular formula is C14H22N2O2.